The van der Waals surface area contributed by atoms with Crippen molar-refractivity contribution in [2.45, 2.75) is 26.7 Å². The van der Waals surface area contributed by atoms with Gasteiger partial charge in [0.05, 0.1) is 24.0 Å². The number of methoxy groups -OCH3 is 2. The predicted molar refractivity (Wildman–Crippen MR) is 113 cm³/mol. The van der Waals surface area contributed by atoms with Gasteiger partial charge in [0.25, 0.3) is 5.91 Å². The number of benzene rings is 2. The number of halogens is 1. The predicted octanol–water partition coefficient (Wildman–Crippen LogP) is 4.50. The summed E-state index contributed by atoms with van der Waals surface area (Å²) in [5.74, 6) is 1.57. The zero-order valence-corrected chi connectivity index (χ0v) is 17.7. The summed E-state index contributed by atoms with van der Waals surface area (Å²) in [4.78, 5) is 12.3. The van der Waals surface area contributed by atoms with E-state index < -0.39 is 0 Å². The Morgan fingerprint density at radius 1 is 1.15 bits per heavy atom. The topological polar surface area (TPSA) is 59.9 Å². The third kappa shape index (κ3) is 4.75. The summed E-state index contributed by atoms with van der Waals surface area (Å²) < 4.78 is 11.6. The van der Waals surface area contributed by atoms with Crippen molar-refractivity contribution < 1.29 is 14.3 Å². The van der Waals surface area contributed by atoms with Crippen LogP contribution >= 0.6 is 22.6 Å². The van der Waals surface area contributed by atoms with E-state index in [2.05, 4.69) is 47.0 Å². The van der Waals surface area contributed by atoms with Crippen LogP contribution in [0.5, 0.6) is 11.5 Å². The Balaban J connectivity index is 2.17. The lowest BCUT2D eigenvalue weighted by molar-refractivity contribution is 0.0954. The minimum atomic E-state index is -0.286. The van der Waals surface area contributed by atoms with Crippen molar-refractivity contribution >= 4 is 34.7 Å². The number of carbonyl (C=O) groups excluding carboxylic acids is 1. The number of carbonyl (C=O) groups is 1. The molecule has 0 heterocycles. The van der Waals surface area contributed by atoms with Gasteiger partial charge in [0.15, 0.2) is 0 Å². The molecule has 26 heavy (non-hydrogen) atoms. The Hall–Kier alpha value is -2.09. The van der Waals surface area contributed by atoms with Gasteiger partial charge in [-0.15, -0.1) is 0 Å². The molecule has 0 spiro atoms. The molecule has 138 valence electrons. The average Bonchev–Trinajstić information content (AvgIpc) is 2.62. The molecule has 2 aromatic carbocycles. The fourth-order valence-electron chi connectivity index (χ4n) is 2.51. The van der Waals surface area contributed by atoms with Crippen LogP contribution in [0.1, 0.15) is 46.8 Å². The number of aryl methyl sites for hydroxylation is 1. The van der Waals surface area contributed by atoms with Crippen molar-refractivity contribution in [2.24, 2.45) is 5.10 Å². The van der Waals surface area contributed by atoms with Gasteiger partial charge >= 0.3 is 0 Å². The van der Waals surface area contributed by atoms with E-state index in [1.807, 2.05) is 25.1 Å². The Morgan fingerprint density at radius 3 is 2.46 bits per heavy atom. The molecule has 0 aromatic heterocycles. The minimum Gasteiger partial charge on any atom is -0.496 e. The molecule has 2 rings (SSSR count). The Labute approximate surface area is 167 Å². The molecule has 0 saturated heterocycles. The monoisotopic (exact) mass is 466 g/mol. The van der Waals surface area contributed by atoms with E-state index in [4.69, 9.17) is 9.47 Å². The number of hydrogen-bond acceptors (Lipinski definition) is 4. The molecule has 1 N–H and O–H groups in total. The van der Waals surface area contributed by atoms with E-state index in [1.165, 1.54) is 0 Å². The lowest BCUT2D eigenvalue weighted by atomic mass is 9.97. The Morgan fingerprint density at radius 2 is 1.85 bits per heavy atom. The van der Waals surface area contributed by atoms with Gasteiger partial charge in [-0.2, -0.15) is 5.10 Å². The van der Waals surface area contributed by atoms with Crippen LogP contribution in [0.4, 0.5) is 0 Å². The summed E-state index contributed by atoms with van der Waals surface area (Å²) >= 11 is 2.16. The average molecular weight is 466 g/mol. The molecule has 5 nitrogen and oxygen atoms in total. The first-order chi connectivity index (χ1) is 12.4. The first-order valence-electron chi connectivity index (χ1n) is 8.22. The maximum Gasteiger partial charge on any atom is 0.271 e. The van der Waals surface area contributed by atoms with Crippen molar-refractivity contribution in [3.8, 4) is 11.5 Å². The first kappa shape index (κ1) is 20.2. The summed E-state index contributed by atoms with van der Waals surface area (Å²) in [6, 6.07) is 9.30. The maximum atomic E-state index is 12.3. The molecule has 2 aromatic rings. The van der Waals surface area contributed by atoms with Crippen LogP contribution in [-0.2, 0) is 0 Å². The van der Waals surface area contributed by atoms with Gasteiger partial charge in [0.2, 0.25) is 0 Å². The van der Waals surface area contributed by atoms with Crippen LogP contribution < -0.4 is 14.9 Å². The quantitative estimate of drug-likeness (QED) is 0.388. The molecule has 0 aliphatic carbocycles. The number of nitrogens with zero attached hydrogens (tertiary/aromatic N) is 1. The van der Waals surface area contributed by atoms with Crippen LogP contribution in [0.2, 0.25) is 0 Å². The fraction of sp³-hybridized carbons (Fsp3) is 0.300. The van der Waals surface area contributed by atoms with Crippen LogP contribution in [-0.4, -0.2) is 26.3 Å². The van der Waals surface area contributed by atoms with Gasteiger partial charge in [-0.3, -0.25) is 4.79 Å². The number of amides is 1. The van der Waals surface area contributed by atoms with Gasteiger partial charge in [0.1, 0.15) is 11.5 Å². The molecule has 1 amide bonds. The molecule has 0 atom stereocenters. The van der Waals surface area contributed by atoms with Crippen molar-refractivity contribution in [2.75, 3.05) is 14.2 Å². The zero-order chi connectivity index (χ0) is 19.3. The zero-order valence-electron chi connectivity index (χ0n) is 15.6. The van der Waals surface area contributed by atoms with Gasteiger partial charge < -0.3 is 9.47 Å². The molecule has 6 heteroatoms. The van der Waals surface area contributed by atoms with E-state index >= 15 is 0 Å². The molecule has 0 aliphatic heterocycles. The summed E-state index contributed by atoms with van der Waals surface area (Å²) in [6.45, 7) is 6.21. The summed E-state index contributed by atoms with van der Waals surface area (Å²) in [6.07, 6.45) is 1.66. The molecule has 0 fully saturated rings. The molecule has 0 aliphatic rings. The number of hydrazone groups is 1. The normalized spacial score (nSPS) is 11.0. The van der Waals surface area contributed by atoms with Crippen molar-refractivity contribution in [1.82, 2.24) is 5.43 Å². The third-order valence-corrected chi connectivity index (χ3v) is 4.91. The largest absolute Gasteiger partial charge is 0.496 e. The second kappa shape index (κ2) is 9.02. The molecular weight excluding hydrogens is 443 g/mol. The van der Waals surface area contributed by atoms with Gasteiger partial charge in [-0.05, 0) is 82.5 Å². The Bertz CT molecular complexity index is 832. The summed E-state index contributed by atoms with van der Waals surface area (Å²) in [5, 5.41) is 4.10. The second-order valence-corrected chi connectivity index (χ2v) is 7.32. The summed E-state index contributed by atoms with van der Waals surface area (Å²) in [7, 11) is 3.25. The number of rotatable bonds is 6. The maximum absolute atomic E-state index is 12.3. The smallest absolute Gasteiger partial charge is 0.271 e. The first-order valence-corrected chi connectivity index (χ1v) is 9.30. The highest BCUT2D eigenvalue weighted by molar-refractivity contribution is 14.1. The second-order valence-electron chi connectivity index (χ2n) is 6.15. The standard InChI is InChI=1S/C20H23IN2O3/c1-12(2)16-9-15(13(3)8-18(16)25-4)11-22-23-20(24)14-6-7-17(21)19(10-14)26-5/h6-12H,1-5H3,(H,23,24)/b22-11-. The number of hydrogen-bond donors (Lipinski definition) is 1. The molecule has 0 bridgehead atoms. The fourth-order valence-corrected chi connectivity index (χ4v) is 3.06. The molecule has 0 saturated carbocycles. The minimum absolute atomic E-state index is 0.286. The highest BCUT2D eigenvalue weighted by Crippen LogP contribution is 2.29. The highest BCUT2D eigenvalue weighted by Gasteiger charge is 2.11. The molecule has 0 radical (unpaired) electrons. The van der Waals surface area contributed by atoms with E-state index in [0.717, 1.165) is 26.0 Å². The van der Waals surface area contributed by atoms with E-state index in [-0.39, 0.29) is 5.91 Å². The number of nitrogens with one attached hydrogen (secondary N) is 1. The van der Waals surface area contributed by atoms with Gasteiger partial charge in [-0.25, -0.2) is 5.43 Å². The van der Waals surface area contributed by atoms with Crippen LogP contribution in [0.15, 0.2) is 35.4 Å². The van der Waals surface area contributed by atoms with Gasteiger partial charge in [0, 0.05) is 5.56 Å². The highest BCUT2D eigenvalue weighted by atomic mass is 127. The van der Waals surface area contributed by atoms with Crippen molar-refractivity contribution in [3.63, 3.8) is 0 Å². The lowest BCUT2D eigenvalue weighted by Gasteiger charge is -2.14. The Kier molecular flexibility index (Phi) is 7.02. The van der Waals surface area contributed by atoms with Crippen LogP contribution in [0, 0.1) is 10.5 Å². The van der Waals surface area contributed by atoms with Gasteiger partial charge in [-0.1, -0.05) is 13.8 Å². The van der Waals surface area contributed by atoms with Crippen LogP contribution in [0.3, 0.4) is 0 Å². The lowest BCUT2D eigenvalue weighted by Crippen LogP contribution is -2.17. The SMILES string of the molecule is COc1cc(C(=O)N/N=C\c2cc(C(C)C)c(OC)cc2C)ccc1I. The van der Waals surface area contributed by atoms with Crippen LogP contribution in [0.25, 0.3) is 0 Å². The molecule has 0 unspecified atom stereocenters. The van der Waals surface area contributed by atoms with Crippen molar-refractivity contribution in [3.05, 3.63) is 56.2 Å². The van der Waals surface area contributed by atoms with Crippen molar-refractivity contribution in [1.29, 1.82) is 0 Å². The van der Waals surface area contributed by atoms with E-state index in [1.54, 1.807) is 32.6 Å². The molecular formula is C20H23IN2O3. The summed E-state index contributed by atoms with van der Waals surface area (Å²) in [5.41, 5.74) is 6.13. The number of ether oxygens (including phenoxy) is 2. The third-order valence-electron chi connectivity index (χ3n) is 4.02. The van der Waals surface area contributed by atoms with E-state index in [9.17, 15) is 4.79 Å². The van der Waals surface area contributed by atoms with E-state index in [0.29, 0.717) is 17.2 Å².